The number of pyridine rings is 3. The van der Waals surface area contributed by atoms with Crippen LogP contribution in [0.4, 0.5) is 32.7 Å². The van der Waals surface area contributed by atoms with Crippen molar-refractivity contribution in [2.24, 2.45) is 0 Å². The highest BCUT2D eigenvalue weighted by Gasteiger charge is 2.33. The predicted molar refractivity (Wildman–Crippen MR) is 345 cm³/mol. The Labute approximate surface area is 527 Å². The zero-order valence-electron chi connectivity index (χ0n) is 52.6. The van der Waals surface area contributed by atoms with Crippen molar-refractivity contribution in [1.29, 1.82) is 0 Å². The van der Waals surface area contributed by atoms with Gasteiger partial charge < -0.3 is 64.2 Å². The largest absolute Gasteiger partial charge is 0.497 e. The molecule has 474 valence electrons. The standard InChI is InChI=1S/C37H42N8O5.C30H33N5O6/c1-37(2,3)50-36(47)44-20-17-26(23-44)40-33-32-30(16-19-39-34(32)45(42-33)22-24-7-11-28(48-6)12-8-24)49-29-13-9-25(10-14-29)35(46)41-31-21-27(43(4)5)15-18-38-31;1-30(2,3)41-29(38)34-16-14-21(18-34)32-26-25-24(40-23-11-7-20(8-12-23)28(36)37)13-15-31-27(25)35(33-26)17-19-5-9-22(39-4)10-6-19/h7-16,18-19,21,26H,17,20,22-23H2,1-6H3,(H,40,42)(H,38,41,46);5-13,15,21H,14,16-18H2,1-4H3,(H,32,33)(H,36,37)/t26-;21-/m11/s1. The third-order valence-electron chi connectivity index (χ3n) is 14.7. The van der Waals surface area contributed by atoms with E-state index in [1.165, 1.54) is 12.1 Å². The monoisotopic (exact) mass is 1240 g/mol. The lowest BCUT2D eigenvalue weighted by Gasteiger charge is -2.24. The molecule has 4 aromatic carbocycles. The van der Waals surface area contributed by atoms with E-state index in [2.05, 4.69) is 25.9 Å². The van der Waals surface area contributed by atoms with E-state index in [4.69, 9.17) is 43.6 Å². The second-order valence-corrected chi connectivity index (χ2v) is 24.1. The normalized spacial score (nSPS) is 14.7. The summed E-state index contributed by atoms with van der Waals surface area (Å²) in [5.74, 6) is 3.95. The Hall–Kier alpha value is -10.7. The molecule has 0 radical (unpaired) electrons. The molecule has 2 fully saturated rings. The highest BCUT2D eigenvalue weighted by Crippen LogP contribution is 2.38. The molecule has 4 N–H and O–H groups in total. The first-order chi connectivity index (χ1) is 43.5. The van der Waals surface area contributed by atoms with Crippen LogP contribution in [0.25, 0.3) is 22.1 Å². The van der Waals surface area contributed by atoms with Crippen LogP contribution in [-0.4, -0.2) is 151 Å². The van der Waals surface area contributed by atoms with Crippen LogP contribution in [0.15, 0.2) is 140 Å². The van der Waals surface area contributed by atoms with Crippen molar-refractivity contribution in [1.82, 2.24) is 44.3 Å². The summed E-state index contributed by atoms with van der Waals surface area (Å²) in [6.45, 7) is 14.1. The van der Waals surface area contributed by atoms with Gasteiger partial charge in [-0.1, -0.05) is 24.3 Å². The molecule has 2 saturated heterocycles. The molecule has 2 atom stereocenters. The number of carboxylic acid groups (broad SMARTS) is 1. The van der Waals surface area contributed by atoms with Crippen molar-refractivity contribution >= 4 is 69.3 Å². The summed E-state index contributed by atoms with van der Waals surface area (Å²) in [7, 11) is 7.12. The van der Waals surface area contributed by atoms with E-state index in [1.54, 1.807) is 95.8 Å². The Bertz CT molecular complexity index is 4030. The number of likely N-dealkylation sites (tertiary alicyclic amines) is 2. The molecule has 24 heteroatoms. The molecule has 3 amide bonds. The number of ether oxygens (including phenoxy) is 6. The maximum absolute atomic E-state index is 13.0. The molecule has 0 spiro atoms. The lowest BCUT2D eigenvalue weighted by Crippen LogP contribution is -2.36. The molecule has 2 aliphatic rings. The molecule has 5 aromatic heterocycles. The van der Waals surface area contributed by atoms with Gasteiger partial charge in [0.25, 0.3) is 5.91 Å². The summed E-state index contributed by atoms with van der Waals surface area (Å²) in [6, 6.07) is 35.7. The molecule has 9 aromatic rings. The third-order valence-corrected chi connectivity index (χ3v) is 14.7. The van der Waals surface area contributed by atoms with Crippen molar-refractivity contribution in [3.63, 3.8) is 0 Å². The fraction of sp³-hybridized carbons (Fsp3) is 0.328. The van der Waals surface area contributed by atoms with Crippen molar-refractivity contribution in [2.45, 2.75) is 90.8 Å². The van der Waals surface area contributed by atoms with Gasteiger partial charge in [0.05, 0.1) is 32.9 Å². The number of benzene rings is 4. The molecule has 0 unspecified atom stereocenters. The van der Waals surface area contributed by atoms with Crippen LogP contribution in [0.2, 0.25) is 0 Å². The topological polar surface area (TPSA) is 264 Å². The Morgan fingerprint density at radius 3 is 1.38 bits per heavy atom. The molecule has 7 heterocycles. The molecule has 0 bridgehead atoms. The average Bonchev–Trinajstić information content (AvgIpc) is 1.72. The number of carbonyl (C=O) groups is 4. The van der Waals surface area contributed by atoms with Crippen LogP contribution in [0.3, 0.4) is 0 Å². The molecule has 24 nitrogen and oxygen atoms in total. The maximum Gasteiger partial charge on any atom is 0.410 e. The van der Waals surface area contributed by atoms with E-state index in [1.807, 2.05) is 126 Å². The van der Waals surface area contributed by atoms with Gasteiger partial charge in [-0.2, -0.15) is 10.2 Å². The van der Waals surface area contributed by atoms with Gasteiger partial charge >= 0.3 is 18.2 Å². The molecular weight excluding hydrogens is 1160 g/mol. The summed E-state index contributed by atoms with van der Waals surface area (Å²) in [4.78, 5) is 68.6. The number of aromatic carboxylic acids is 1. The van der Waals surface area contributed by atoms with E-state index in [0.29, 0.717) is 107 Å². The van der Waals surface area contributed by atoms with Gasteiger partial charge in [-0.25, -0.2) is 38.7 Å². The minimum atomic E-state index is -1.01. The summed E-state index contributed by atoms with van der Waals surface area (Å²) in [6.07, 6.45) is 5.76. The highest BCUT2D eigenvalue weighted by atomic mass is 16.6. The van der Waals surface area contributed by atoms with Crippen LogP contribution in [-0.2, 0) is 22.6 Å². The summed E-state index contributed by atoms with van der Waals surface area (Å²) < 4.78 is 38.0. The Balaban J connectivity index is 0.000000204. The number of hydrogen-bond donors (Lipinski definition) is 4. The van der Waals surface area contributed by atoms with Gasteiger partial charge in [0.15, 0.2) is 22.9 Å². The van der Waals surface area contributed by atoms with Crippen LogP contribution in [0.5, 0.6) is 34.5 Å². The predicted octanol–water partition coefficient (Wildman–Crippen LogP) is 11.8. The smallest absolute Gasteiger partial charge is 0.410 e. The summed E-state index contributed by atoms with van der Waals surface area (Å²) in [5.41, 5.74) is 3.68. The Kier molecular flexibility index (Phi) is 19.1. The quantitative estimate of drug-likeness (QED) is 0.0622. The number of nitrogens with zero attached hydrogens (tertiary/aromatic N) is 10. The number of fused-ring (bicyclic) bond motifs is 2. The molecule has 91 heavy (non-hydrogen) atoms. The number of methoxy groups -OCH3 is 2. The molecule has 2 aliphatic heterocycles. The van der Waals surface area contributed by atoms with Gasteiger partial charge in [0, 0.05) is 100 Å². The van der Waals surface area contributed by atoms with E-state index in [0.717, 1.165) is 41.2 Å². The fourth-order valence-corrected chi connectivity index (χ4v) is 10.2. The maximum atomic E-state index is 13.0. The lowest BCUT2D eigenvalue weighted by atomic mass is 10.2. The zero-order chi connectivity index (χ0) is 64.6. The van der Waals surface area contributed by atoms with E-state index >= 15 is 0 Å². The first kappa shape index (κ1) is 63.4. The first-order valence-corrected chi connectivity index (χ1v) is 29.7. The van der Waals surface area contributed by atoms with Crippen LogP contribution >= 0.6 is 0 Å². The molecule has 0 aliphatic carbocycles. The van der Waals surface area contributed by atoms with Gasteiger partial charge in [0.2, 0.25) is 0 Å². The van der Waals surface area contributed by atoms with Gasteiger partial charge in [-0.3, -0.25) is 4.79 Å². The van der Waals surface area contributed by atoms with Gasteiger partial charge in [-0.05, 0) is 144 Å². The second-order valence-electron chi connectivity index (χ2n) is 24.1. The van der Waals surface area contributed by atoms with Crippen LogP contribution in [0.1, 0.15) is 86.2 Å². The van der Waals surface area contributed by atoms with Gasteiger partial charge in [-0.15, -0.1) is 0 Å². The van der Waals surface area contributed by atoms with Gasteiger partial charge in [0.1, 0.15) is 62.3 Å². The highest BCUT2D eigenvalue weighted by molar-refractivity contribution is 6.04. The van der Waals surface area contributed by atoms with Crippen molar-refractivity contribution in [2.75, 3.05) is 75.3 Å². The number of carboxylic acids is 1. The fourth-order valence-electron chi connectivity index (χ4n) is 10.2. The summed E-state index contributed by atoms with van der Waals surface area (Å²) in [5, 5.41) is 30.4. The number of amides is 3. The second kappa shape index (κ2) is 27.4. The number of aromatic nitrogens is 7. The van der Waals surface area contributed by atoms with Crippen LogP contribution < -0.4 is 39.8 Å². The zero-order valence-corrected chi connectivity index (χ0v) is 52.6. The summed E-state index contributed by atoms with van der Waals surface area (Å²) >= 11 is 0. The van der Waals surface area contributed by atoms with E-state index in [-0.39, 0.29) is 35.7 Å². The van der Waals surface area contributed by atoms with Crippen molar-refractivity contribution in [3.8, 4) is 34.5 Å². The van der Waals surface area contributed by atoms with Crippen LogP contribution in [0, 0.1) is 0 Å². The minimum Gasteiger partial charge on any atom is -0.497 e. The molecule has 0 saturated carbocycles. The third kappa shape index (κ3) is 16.2. The number of rotatable bonds is 18. The van der Waals surface area contributed by atoms with E-state index in [9.17, 15) is 24.3 Å². The number of anilines is 4. The average molecular weight is 1240 g/mol. The SMILES string of the molecule is COc1ccc(Cn2nc(N[C@@H]3CCN(C(=O)OC(C)(C)C)C3)c3c(Oc4ccc(C(=O)Nc5cc(N(C)C)ccn5)cc4)ccnc32)cc1.COc1ccc(Cn2nc(N[C@@H]3CCN(C(=O)OC(C)(C)C)C3)c3c(Oc4ccc(C(=O)O)cc4)ccnc32)cc1. The molecular formula is C67H75N13O11. The Morgan fingerprint density at radius 1 is 0.560 bits per heavy atom. The van der Waals surface area contributed by atoms with Crippen molar-refractivity contribution < 1.29 is 52.7 Å². The van der Waals surface area contributed by atoms with Crippen molar-refractivity contribution in [3.05, 3.63) is 162 Å². The first-order valence-electron chi connectivity index (χ1n) is 29.7. The lowest BCUT2D eigenvalue weighted by molar-refractivity contribution is 0.0283. The number of hydrogen-bond acceptors (Lipinski definition) is 18. The Morgan fingerprint density at radius 2 is 0.978 bits per heavy atom. The number of carbonyl (C=O) groups excluding carboxylic acids is 3. The van der Waals surface area contributed by atoms with E-state index < -0.39 is 17.2 Å². The molecule has 11 rings (SSSR count). The minimum absolute atomic E-state index is 0.0574. The number of nitrogens with one attached hydrogen (secondary N) is 3.